The summed E-state index contributed by atoms with van der Waals surface area (Å²) in [6, 6.07) is 10.3. The number of ether oxygens (including phenoxy) is 1. The Bertz CT molecular complexity index is 696. The van der Waals surface area contributed by atoms with E-state index in [1.165, 1.54) is 17.7 Å². The zero-order chi connectivity index (χ0) is 15.2. The van der Waals surface area contributed by atoms with Crippen molar-refractivity contribution in [2.24, 2.45) is 0 Å². The van der Waals surface area contributed by atoms with Gasteiger partial charge in [-0.05, 0) is 49.2 Å². The maximum atomic E-state index is 13.3. The molecule has 0 amide bonds. The lowest BCUT2D eigenvalue weighted by molar-refractivity contribution is 0.305. The number of halogens is 1. The Hall–Kier alpha value is -2.31. The van der Waals surface area contributed by atoms with Crippen molar-refractivity contribution in [1.82, 2.24) is 0 Å². The summed E-state index contributed by atoms with van der Waals surface area (Å²) >= 11 is 0. The van der Waals surface area contributed by atoms with E-state index in [1.54, 1.807) is 6.07 Å². The molecule has 0 fully saturated rings. The molecule has 0 heterocycles. The van der Waals surface area contributed by atoms with E-state index in [4.69, 9.17) is 9.84 Å². The first kappa shape index (κ1) is 15.1. The van der Waals surface area contributed by atoms with E-state index < -0.39 is 0 Å². The molecule has 2 rings (SSSR count). The molecule has 0 aliphatic carbocycles. The molecule has 0 saturated carbocycles. The highest BCUT2D eigenvalue weighted by atomic mass is 19.1. The molecular weight excluding hydrogens is 267 g/mol. The lowest BCUT2D eigenvalue weighted by atomic mass is 10.1. The van der Waals surface area contributed by atoms with Gasteiger partial charge >= 0.3 is 0 Å². The Labute approximate surface area is 124 Å². The quantitative estimate of drug-likeness (QED) is 0.876. The van der Waals surface area contributed by atoms with Crippen molar-refractivity contribution in [3.05, 3.63) is 64.5 Å². The van der Waals surface area contributed by atoms with Gasteiger partial charge in [-0.3, -0.25) is 0 Å². The minimum Gasteiger partial charge on any atom is -0.489 e. The second-order valence-corrected chi connectivity index (χ2v) is 4.80. The van der Waals surface area contributed by atoms with E-state index in [0.29, 0.717) is 12.2 Å². The molecule has 0 unspecified atom stereocenters. The first-order valence-corrected chi connectivity index (χ1v) is 6.68. The van der Waals surface area contributed by atoms with Gasteiger partial charge < -0.3 is 9.84 Å². The smallest absolute Gasteiger partial charge is 0.124 e. The van der Waals surface area contributed by atoms with E-state index in [9.17, 15) is 4.39 Å². The number of hydrogen-bond acceptors (Lipinski definition) is 2. The topological polar surface area (TPSA) is 29.5 Å². The summed E-state index contributed by atoms with van der Waals surface area (Å²) in [5, 5.41) is 8.75. The van der Waals surface area contributed by atoms with E-state index in [0.717, 1.165) is 16.9 Å². The van der Waals surface area contributed by atoms with Crippen LogP contribution in [0.2, 0.25) is 0 Å². The molecule has 0 bridgehead atoms. The fourth-order valence-corrected chi connectivity index (χ4v) is 1.89. The van der Waals surface area contributed by atoms with Crippen molar-refractivity contribution in [2.45, 2.75) is 20.5 Å². The normalized spacial score (nSPS) is 9.90. The summed E-state index contributed by atoms with van der Waals surface area (Å²) in [6.45, 7) is 4.12. The van der Waals surface area contributed by atoms with E-state index in [-0.39, 0.29) is 12.4 Å². The lowest BCUT2D eigenvalue weighted by Crippen LogP contribution is -1.99. The van der Waals surface area contributed by atoms with Gasteiger partial charge in [-0.2, -0.15) is 0 Å². The minimum atomic E-state index is -0.354. The zero-order valence-electron chi connectivity index (χ0n) is 12.1. The average molecular weight is 284 g/mol. The number of aliphatic hydroxyl groups excluding tert-OH is 1. The highest BCUT2D eigenvalue weighted by Gasteiger charge is 2.04. The van der Waals surface area contributed by atoms with Crippen LogP contribution in [0, 0.1) is 31.5 Å². The lowest BCUT2D eigenvalue weighted by Gasteiger charge is -2.10. The largest absolute Gasteiger partial charge is 0.489 e. The summed E-state index contributed by atoms with van der Waals surface area (Å²) in [5.74, 6) is 5.68. The monoisotopic (exact) mass is 284 g/mol. The van der Waals surface area contributed by atoms with Crippen LogP contribution >= 0.6 is 0 Å². The van der Waals surface area contributed by atoms with Crippen molar-refractivity contribution in [1.29, 1.82) is 0 Å². The van der Waals surface area contributed by atoms with Gasteiger partial charge in [-0.25, -0.2) is 4.39 Å². The molecule has 0 aliphatic rings. The van der Waals surface area contributed by atoms with Crippen LogP contribution in [0.1, 0.15) is 22.3 Å². The van der Waals surface area contributed by atoms with Crippen LogP contribution in [0.5, 0.6) is 5.75 Å². The van der Waals surface area contributed by atoms with Crippen molar-refractivity contribution >= 4 is 0 Å². The molecule has 0 saturated heterocycles. The molecule has 2 aromatic carbocycles. The number of benzene rings is 2. The van der Waals surface area contributed by atoms with Crippen LogP contribution in [-0.2, 0) is 6.61 Å². The van der Waals surface area contributed by atoms with E-state index in [2.05, 4.69) is 11.8 Å². The maximum absolute atomic E-state index is 13.3. The maximum Gasteiger partial charge on any atom is 0.124 e. The van der Waals surface area contributed by atoms with Crippen molar-refractivity contribution in [3.63, 3.8) is 0 Å². The number of rotatable bonds is 3. The summed E-state index contributed by atoms with van der Waals surface area (Å²) < 4.78 is 19.0. The number of aryl methyl sites for hydroxylation is 2. The van der Waals surface area contributed by atoms with Crippen molar-refractivity contribution in [3.8, 4) is 17.6 Å². The predicted octanol–water partition coefficient (Wildman–Crippen LogP) is 3.37. The Kier molecular flexibility index (Phi) is 4.97. The molecule has 0 spiro atoms. The molecule has 0 radical (unpaired) electrons. The van der Waals surface area contributed by atoms with Crippen molar-refractivity contribution in [2.75, 3.05) is 6.61 Å². The first-order valence-electron chi connectivity index (χ1n) is 6.68. The van der Waals surface area contributed by atoms with E-state index >= 15 is 0 Å². The average Bonchev–Trinajstić information content (AvgIpc) is 2.47. The first-order chi connectivity index (χ1) is 10.1. The standard InChI is InChI=1S/C18H17FO2/c1-13-5-8-18(10-14(13)2)21-12-16-6-7-17(19)11-15(16)4-3-9-20/h5-8,10-11,20H,9,12H2,1-2H3. The fourth-order valence-electron chi connectivity index (χ4n) is 1.89. The van der Waals surface area contributed by atoms with Gasteiger partial charge in [0.25, 0.3) is 0 Å². The van der Waals surface area contributed by atoms with Gasteiger partial charge in [0.2, 0.25) is 0 Å². The predicted molar refractivity (Wildman–Crippen MR) is 80.6 cm³/mol. The third-order valence-electron chi connectivity index (χ3n) is 3.25. The Balaban J connectivity index is 2.17. The highest BCUT2D eigenvalue weighted by Crippen LogP contribution is 2.19. The molecule has 0 aliphatic heterocycles. The Morgan fingerprint density at radius 2 is 1.90 bits per heavy atom. The van der Waals surface area contributed by atoms with Gasteiger partial charge in [0, 0.05) is 11.1 Å². The van der Waals surface area contributed by atoms with E-state index in [1.807, 2.05) is 32.0 Å². The Morgan fingerprint density at radius 3 is 2.62 bits per heavy atom. The molecule has 2 aromatic rings. The third-order valence-corrected chi connectivity index (χ3v) is 3.25. The molecular formula is C18H17FO2. The number of aliphatic hydroxyl groups is 1. The van der Waals surface area contributed by atoms with Crippen molar-refractivity contribution < 1.29 is 14.2 Å². The van der Waals surface area contributed by atoms with Crippen LogP contribution in [0.4, 0.5) is 4.39 Å². The van der Waals surface area contributed by atoms with Crippen LogP contribution < -0.4 is 4.74 Å². The van der Waals surface area contributed by atoms with Gasteiger partial charge in [0.05, 0.1) is 0 Å². The molecule has 0 atom stereocenters. The van der Waals surface area contributed by atoms with Crippen LogP contribution in [0.3, 0.4) is 0 Å². The van der Waals surface area contributed by atoms with Gasteiger partial charge in [-0.15, -0.1) is 0 Å². The van der Waals surface area contributed by atoms with Crippen LogP contribution in [0.25, 0.3) is 0 Å². The second kappa shape index (κ2) is 6.92. The summed E-state index contributed by atoms with van der Waals surface area (Å²) in [5.41, 5.74) is 3.69. The molecule has 2 nitrogen and oxygen atoms in total. The summed E-state index contributed by atoms with van der Waals surface area (Å²) in [4.78, 5) is 0. The van der Waals surface area contributed by atoms with Gasteiger partial charge in [0.15, 0.2) is 0 Å². The van der Waals surface area contributed by atoms with Gasteiger partial charge in [0.1, 0.15) is 24.8 Å². The molecule has 1 N–H and O–H groups in total. The van der Waals surface area contributed by atoms with Crippen LogP contribution in [0.15, 0.2) is 36.4 Å². The molecule has 108 valence electrons. The SMILES string of the molecule is Cc1ccc(OCc2ccc(F)cc2C#CCO)cc1C. The minimum absolute atomic E-state index is 0.256. The summed E-state index contributed by atoms with van der Waals surface area (Å²) in [7, 11) is 0. The Morgan fingerprint density at radius 1 is 1.10 bits per heavy atom. The second-order valence-electron chi connectivity index (χ2n) is 4.80. The molecule has 0 aromatic heterocycles. The summed E-state index contributed by atoms with van der Waals surface area (Å²) in [6.07, 6.45) is 0. The molecule has 21 heavy (non-hydrogen) atoms. The molecule has 3 heteroatoms. The number of hydrogen-bond donors (Lipinski definition) is 1. The highest BCUT2D eigenvalue weighted by molar-refractivity contribution is 5.42. The van der Waals surface area contributed by atoms with Gasteiger partial charge in [-0.1, -0.05) is 24.0 Å². The fraction of sp³-hybridized carbons (Fsp3) is 0.222. The van der Waals surface area contributed by atoms with Crippen LogP contribution in [-0.4, -0.2) is 11.7 Å². The third kappa shape index (κ3) is 4.08. The zero-order valence-corrected chi connectivity index (χ0v) is 12.1.